The maximum atomic E-state index is 5.33. The van der Waals surface area contributed by atoms with Gasteiger partial charge in [0.2, 0.25) is 5.95 Å². The molecule has 0 spiro atoms. The summed E-state index contributed by atoms with van der Waals surface area (Å²) in [5, 5.41) is 7.01. The summed E-state index contributed by atoms with van der Waals surface area (Å²) in [6.45, 7) is 2.27. The van der Waals surface area contributed by atoms with E-state index in [1.54, 1.807) is 0 Å². The van der Waals surface area contributed by atoms with E-state index in [0.717, 1.165) is 67.1 Å². The van der Waals surface area contributed by atoms with Gasteiger partial charge in [0.1, 0.15) is 0 Å². The van der Waals surface area contributed by atoms with Gasteiger partial charge < -0.3 is 4.57 Å². The first-order chi connectivity index (χ1) is 35.1. The second kappa shape index (κ2) is 16.5. The lowest BCUT2D eigenvalue weighted by molar-refractivity contribution is 0.717. The van der Waals surface area contributed by atoms with Crippen LogP contribution in [-0.2, 0) is 6.42 Å². The molecule has 0 amide bonds. The lowest BCUT2D eigenvalue weighted by Crippen LogP contribution is -2.07. The number of hydrogen-bond acceptors (Lipinski definition) is 3. The lowest BCUT2D eigenvalue weighted by atomic mass is 9.90. The molecule has 5 heteroatoms. The monoisotopic (exact) mass is 907 g/mol. The molecule has 3 heterocycles. The van der Waals surface area contributed by atoms with Gasteiger partial charge in [-0.15, -0.1) is 0 Å². The molecule has 0 N–H and O–H groups in total. The number of fused-ring (bicyclic) bond motifs is 8. The van der Waals surface area contributed by atoms with Crippen molar-refractivity contribution in [3.8, 4) is 67.8 Å². The molecule has 71 heavy (non-hydrogen) atoms. The molecule has 13 aromatic rings. The van der Waals surface area contributed by atoms with E-state index in [4.69, 9.17) is 15.0 Å². The minimum atomic E-state index is 0.514. The van der Waals surface area contributed by atoms with Crippen LogP contribution in [0.15, 0.2) is 231 Å². The van der Waals surface area contributed by atoms with Crippen LogP contribution in [0.4, 0.5) is 0 Å². The summed E-state index contributed by atoms with van der Waals surface area (Å²) in [5.74, 6) is 2.38. The zero-order valence-electron chi connectivity index (χ0n) is 39.0. The van der Waals surface area contributed by atoms with E-state index in [1.165, 1.54) is 55.1 Å². The first kappa shape index (κ1) is 40.8. The Hall–Kier alpha value is -9.19. The quantitative estimate of drug-likeness (QED) is 0.160. The Bertz CT molecular complexity index is 4220. The van der Waals surface area contributed by atoms with Crippen LogP contribution in [-0.4, -0.2) is 24.1 Å². The Labute approximate surface area is 411 Å². The highest BCUT2D eigenvalue weighted by atomic mass is 15.2. The van der Waals surface area contributed by atoms with Crippen LogP contribution >= 0.6 is 0 Å². The van der Waals surface area contributed by atoms with Gasteiger partial charge in [-0.3, -0.25) is 4.57 Å². The molecule has 1 aliphatic rings. The topological polar surface area (TPSA) is 48.5 Å². The molecule has 0 saturated heterocycles. The largest absolute Gasteiger partial charge is 0.309 e. The summed E-state index contributed by atoms with van der Waals surface area (Å²) >= 11 is 0. The minimum absolute atomic E-state index is 0.514. The number of para-hydroxylation sites is 2. The van der Waals surface area contributed by atoms with E-state index in [2.05, 4.69) is 253 Å². The van der Waals surface area contributed by atoms with Gasteiger partial charge in [-0.2, -0.15) is 9.97 Å². The fourth-order valence-electron chi connectivity index (χ4n) is 10.9. The van der Waals surface area contributed by atoms with Crippen LogP contribution in [0.25, 0.3) is 128 Å². The van der Waals surface area contributed by atoms with Gasteiger partial charge in [0, 0.05) is 38.4 Å². The maximum Gasteiger partial charge on any atom is 0.238 e. The van der Waals surface area contributed by atoms with E-state index >= 15 is 0 Å². The molecule has 1 aliphatic carbocycles. The second-order valence-corrected chi connectivity index (χ2v) is 19.0. The zero-order chi connectivity index (χ0) is 47.0. The normalized spacial score (nSPS) is 13.5. The van der Waals surface area contributed by atoms with Crippen LogP contribution in [0.3, 0.4) is 0 Å². The predicted molar refractivity (Wildman–Crippen MR) is 295 cm³/mol. The van der Waals surface area contributed by atoms with Crippen molar-refractivity contribution >= 4 is 60.5 Å². The van der Waals surface area contributed by atoms with Crippen LogP contribution < -0.4 is 0 Å². The van der Waals surface area contributed by atoms with E-state index in [1.807, 2.05) is 0 Å². The van der Waals surface area contributed by atoms with Crippen LogP contribution in [0.2, 0.25) is 0 Å². The average Bonchev–Trinajstić information content (AvgIpc) is 3.95. The van der Waals surface area contributed by atoms with Crippen LogP contribution in [0.1, 0.15) is 18.1 Å². The van der Waals surface area contributed by atoms with E-state index in [-0.39, 0.29) is 0 Å². The van der Waals surface area contributed by atoms with E-state index in [0.29, 0.717) is 23.5 Å². The SMILES string of the molecule is CC1C=Cc2cc(-c3nc(-c4ccc5ccccc5c4)nc(-n4c5ccccc5c5cc(-c6ccc7c(c6)c6ccccc6n7-c6cc(-c7ccccc7)cc(-c7ccccc7)c6)ccc54)n3)ccc2C1. The maximum absolute atomic E-state index is 5.33. The molecule has 0 saturated carbocycles. The molecule has 5 nitrogen and oxygen atoms in total. The molecule has 1 atom stereocenters. The minimum Gasteiger partial charge on any atom is -0.309 e. The van der Waals surface area contributed by atoms with Crippen molar-refractivity contribution in [1.29, 1.82) is 0 Å². The zero-order valence-corrected chi connectivity index (χ0v) is 39.0. The van der Waals surface area contributed by atoms with Crippen LogP contribution in [0, 0.1) is 5.92 Å². The van der Waals surface area contributed by atoms with Crippen molar-refractivity contribution < 1.29 is 0 Å². The van der Waals surface area contributed by atoms with Gasteiger partial charge in [-0.05, 0) is 134 Å². The van der Waals surface area contributed by atoms with Crippen molar-refractivity contribution in [2.45, 2.75) is 13.3 Å². The third kappa shape index (κ3) is 7.04. The summed E-state index contributed by atoms with van der Waals surface area (Å²) in [5.41, 5.74) is 17.0. The molecular formula is C66H45N5. The summed E-state index contributed by atoms with van der Waals surface area (Å²) in [4.78, 5) is 15.9. The molecule has 14 rings (SSSR count). The van der Waals surface area contributed by atoms with Gasteiger partial charge in [-0.1, -0.05) is 177 Å². The number of nitrogens with zero attached hydrogens (tertiary/aromatic N) is 5. The Morgan fingerprint density at radius 3 is 1.55 bits per heavy atom. The molecule has 334 valence electrons. The fourth-order valence-corrected chi connectivity index (χ4v) is 10.9. The third-order valence-corrected chi connectivity index (χ3v) is 14.5. The van der Waals surface area contributed by atoms with Gasteiger partial charge in [0.25, 0.3) is 0 Å². The Morgan fingerprint density at radius 1 is 0.366 bits per heavy atom. The van der Waals surface area contributed by atoms with Crippen molar-refractivity contribution in [3.05, 3.63) is 242 Å². The molecule has 0 fully saturated rings. The summed E-state index contributed by atoms with van der Waals surface area (Å²) in [7, 11) is 0. The second-order valence-electron chi connectivity index (χ2n) is 19.0. The number of hydrogen-bond donors (Lipinski definition) is 0. The summed E-state index contributed by atoms with van der Waals surface area (Å²) < 4.78 is 4.65. The highest BCUT2D eigenvalue weighted by molar-refractivity contribution is 6.13. The molecule has 3 aromatic heterocycles. The standard InChI is InChI=1S/C66H45N5/c1-42-24-25-48-36-52(29-27-47(48)34-42)65-67-64(51-28-26-45-18-8-9-19-46(45)35-51)68-66(69-65)71-61-23-13-11-21-57(61)59-41-50(31-33-63(59)71)49-30-32-62-58(40-49)56-20-10-12-22-60(56)70(62)55-38-53(43-14-4-2-5-15-43)37-54(39-55)44-16-6-3-7-17-44/h2-33,35-42H,34H2,1H3. The number of aromatic nitrogens is 5. The first-order valence-electron chi connectivity index (χ1n) is 24.5. The van der Waals surface area contributed by atoms with Gasteiger partial charge in [-0.25, -0.2) is 4.98 Å². The molecular weight excluding hydrogens is 863 g/mol. The van der Waals surface area contributed by atoms with Crippen LogP contribution in [0.5, 0.6) is 0 Å². The first-order valence-corrected chi connectivity index (χ1v) is 24.5. The Morgan fingerprint density at radius 2 is 0.887 bits per heavy atom. The van der Waals surface area contributed by atoms with Gasteiger partial charge in [0.15, 0.2) is 11.6 Å². The van der Waals surface area contributed by atoms with E-state index in [9.17, 15) is 0 Å². The Kier molecular flexibility index (Phi) is 9.49. The smallest absolute Gasteiger partial charge is 0.238 e. The lowest BCUT2D eigenvalue weighted by Gasteiger charge is -2.17. The fraction of sp³-hybridized carbons (Fsp3) is 0.0455. The molecule has 0 aliphatic heterocycles. The third-order valence-electron chi connectivity index (χ3n) is 14.5. The van der Waals surface area contributed by atoms with Crippen molar-refractivity contribution in [3.63, 3.8) is 0 Å². The number of allylic oxidation sites excluding steroid dienone is 1. The Balaban J connectivity index is 0.923. The predicted octanol–water partition coefficient (Wildman–Crippen LogP) is 16.8. The van der Waals surface area contributed by atoms with Crippen molar-refractivity contribution in [2.24, 2.45) is 5.92 Å². The average molecular weight is 908 g/mol. The number of benzene rings is 10. The van der Waals surface area contributed by atoms with E-state index < -0.39 is 0 Å². The van der Waals surface area contributed by atoms with Crippen molar-refractivity contribution in [2.75, 3.05) is 0 Å². The highest BCUT2D eigenvalue weighted by Gasteiger charge is 2.21. The highest BCUT2D eigenvalue weighted by Crippen LogP contribution is 2.40. The molecule has 0 bridgehead atoms. The number of rotatable bonds is 7. The molecule has 0 radical (unpaired) electrons. The molecule has 10 aromatic carbocycles. The van der Waals surface area contributed by atoms with Gasteiger partial charge >= 0.3 is 0 Å². The summed E-state index contributed by atoms with van der Waals surface area (Å²) in [6.07, 6.45) is 5.56. The molecule has 1 unspecified atom stereocenters. The van der Waals surface area contributed by atoms with Crippen molar-refractivity contribution in [1.82, 2.24) is 24.1 Å². The summed E-state index contributed by atoms with van der Waals surface area (Å²) in [6, 6.07) is 81.1. The van der Waals surface area contributed by atoms with Gasteiger partial charge in [0.05, 0.1) is 22.1 Å².